The van der Waals surface area contributed by atoms with Gasteiger partial charge in [-0.2, -0.15) is 0 Å². The number of aliphatic hydroxyl groups is 1. The lowest BCUT2D eigenvalue weighted by atomic mass is 10.1. The van der Waals surface area contributed by atoms with Gasteiger partial charge in [0.1, 0.15) is 23.1 Å². The number of nitrogens with zero attached hydrogens (tertiary/aromatic N) is 1. The molecule has 1 aromatic carbocycles. The molecule has 0 unspecified atom stereocenters. The first-order valence-electron chi connectivity index (χ1n) is 7.34. The highest BCUT2D eigenvalue weighted by Crippen LogP contribution is 2.28. The van der Waals surface area contributed by atoms with Gasteiger partial charge in [0.2, 0.25) is 0 Å². The van der Waals surface area contributed by atoms with Crippen LogP contribution in [0.5, 0.6) is 0 Å². The van der Waals surface area contributed by atoms with Crippen molar-refractivity contribution in [1.29, 1.82) is 0 Å². The summed E-state index contributed by atoms with van der Waals surface area (Å²) >= 11 is 0. The Morgan fingerprint density at radius 3 is 2.64 bits per heavy atom. The highest BCUT2D eigenvalue weighted by Gasteiger charge is 2.18. The van der Waals surface area contributed by atoms with Crippen LogP contribution in [-0.2, 0) is 6.61 Å². The second-order valence-electron chi connectivity index (χ2n) is 5.30. The van der Waals surface area contributed by atoms with Gasteiger partial charge in [-0.15, -0.1) is 0 Å². The van der Waals surface area contributed by atoms with Crippen molar-refractivity contribution in [2.75, 3.05) is 5.32 Å². The molecule has 0 fully saturated rings. The van der Waals surface area contributed by atoms with Crippen LogP contribution in [0.3, 0.4) is 0 Å². The lowest BCUT2D eigenvalue weighted by molar-refractivity contribution is -0.402. The molecule has 128 valence electrons. The predicted molar refractivity (Wildman–Crippen MR) is 88.1 cm³/mol. The van der Waals surface area contributed by atoms with E-state index in [1.165, 1.54) is 6.07 Å². The van der Waals surface area contributed by atoms with Crippen LogP contribution in [0, 0.1) is 17.0 Å². The van der Waals surface area contributed by atoms with Gasteiger partial charge < -0.3 is 19.3 Å². The molecular weight excluding hydrogens is 328 g/mol. The molecule has 8 heteroatoms. The number of anilines is 1. The van der Waals surface area contributed by atoms with Crippen molar-refractivity contribution < 1.29 is 23.7 Å². The number of furan rings is 2. The van der Waals surface area contributed by atoms with Crippen molar-refractivity contribution in [3.8, 4) is 11.3 Å². The zero-order chi connectivity index (χ0) is 18.0. The molecule has 0 atom stereocenters. The van der Waals surface area contributed by atoms with E-state index >= 15 is 0 Å². The first-order valence-corrected chi connectivity index (χ1v) is 7.34. The minimum absolute atomic E-state index is 0.155. The quantitative estimate of drug-likeness (QED) is 0.541. The Morgan fingerprint density at radius 1 is 1.20 bits per heavy atom. The Balaban J connectivity index is 1.84. The summed E-state index contributed by atoms with van der Waals surface area (Å²) in [5.74, 6) is -0.263. The number of aryl methyl sites for hydroxylation is 1. The Kier molecular flexibility index (Phi) is 4.36. The van der Waals surface area contributed by atoms with Crippen LogP contribution in [0.25, 0.3) is 11.3 Å². The molecule has 0 aliphatic heterocycles. The summed E-state index contributed by atoms with van der Waals surface area (Å²) < 4.78 is 10.4. The lowest BCUT2D eigenvalue weighted by Gasteiger charge is -2.08. The average Bonchev–Trinajstić information content (AvgIpc) is 3.26. The Labute approximate surface area is 141 Å². The molecule has 2 N–H and O–H groups in total. The molecule has 0 bridgehead atoms. The normalized spacial score (nSPS) is 10.6. The number of amides is 1. The van der Waals surface area contributed by atoms with Gasteiger partial charge in [-0.1, -0.05) is 12.1 Å². The topological polar surface area (TPSA) is 119 Å². The second-order valence-corrected chi connectivity index (χ2v) is 5.30. The van der Waals surface area contributed by atoms with E-state index in [1.54, 1.807) is 24.3 Å². The zero-order valence-corrected chi connectivity index (χ0v) is 13.2. The Bertz CT molecular complexity index is 940. The maximum absolute atomic E-state index is 12.2. The van der Waals surface area contributed by atoms with Crippen molar-refractivity contribution in [1.82, 2.24) is 0 Å². The molecule has 3 aromatic rings. The summed E-state index contributed by atoms with van der Waals surface area (Å²) in [6.45, 7) is 1.61. The second kappa shape index (κ2) is 6.62. The van der Waals surface area contributed by atoms with Crippen molar-refractivity contribution in [2.45, 2.75) is 13.5 Å². The summed E-state index contributed by atoms with van der Waals surface area (Å²) in [7, 11) is 0. The fourth-order valence-corrected chi connectivity index (χ4v) is 2.26. The molecule has 0 saturated heterocycles. The zero-order valence-electron chi connectivity index (χ0n) is 13.2. The molecule has 8 nitrogen and oxygen atoms in total. The standard InChI is InChI=1S/C17H14N2O6/c1-10-2-3-11(14-5-4-12(9-20)24-14)8-13(10)18-17(21)15-6-7-16(25-15)19(22)23/h2-8,20H,9H2,1H3,(H,18,21). The molecule has 25 heavy (non-hydrogen) atoms. The number of carbonyl (C=O) groups excluding carboxylic acids is 1. The first kappa shape index (κ1) is 16.5. The van der Waals surface area contributed by atoms with Crippen LogP contribution in [0.15, 0.2) is 51.3 Å². The number of hydrogen-bond acceptors (Lipinski definition) is 6. The van der Waals surface area contributed by atoms with E-state index in [1.807, 2.05) is 13.0 Å². The summed E-state index contributed by atoms with van der Waals surface area (Å²) in [6.07, 6.45) is 0. The molecule has 0 aliphatic carbocycles. The lowest BCUT2D eigenvalue weighted by Crippen LogP contribution is -2.11. The monoisotopic (exact) mass is 342 g/mol. The molecule has 0 radical (unpaired) electrons. The van der Waals surface area contributed by atoms with Crippen molar-refractivity contribution >= 4 is 17.5 Å². The van der Waals surface area contributed by atoms with E-state index in [0.29, 0.717) is 22.8 Å². The summed E-state index contributed by atoms with van der Waals surface area (Å²) in [5.41, 5.74) is 2.03. The largest absolute Gasteiger partial charge is 0.459 e. The van der Waals surface area contributed by atoms with Crippen LogP contribution in [0.4, 0.5) is 11.6 Å². The van der Waals surface area contributed by atoms with Crippen molar-refractivity contribution in [2.24, 2.45) is 0 Å². The number of hydrogen-bond donors (Lipinski definition) is 2. The van der Waals surface area contributed by atoms with Gasteiger partial charge >= 0.3 is 5.88 Å². The van der Waals surface area contributed by atoms with E-state index in [4.69, 9.17) is 13.9 Å². The number of rotatable bonds is 5. The number of nitrogens with one attached hydrogen (secondary N) is 1. The van der Waals surface area contributed by atoms with E-state index in [2.05, 4.69) is 5.32 Å². The van der Waals surface area contributed by atoms with Gasteiger partial charge in [-0.3, -0.25) is 14.9 Å². The number of carbonyl (C=O) groups is 1. The predicted octanol–water partition coefficient (Wildman–Crippen LogP) is 3.50. The Hall–Kier alpha value is -3.39. The molecule has 0 aliphatic rings. The molecule has 2 aromatic heterocycles. The van der Waals surface area contributed by atoms with E-state index in [-0.39, 0.29) is 12.4 Å². The van der Waals surface area contributed by atoms with Crippen LogP contribution in [-0.4, -0.2) is 15.9 Å². The van der Waals surface area contributed by atoms with Gasteiger partial charge in [0.25, 0.3) is 5.91 Å². The molecule has 0 spiro atoms. The summed E-state index contributed by atoms with van der Waals surface area (Å²) in [5, 5.41) is 22.4. The number of nitro groups is 1. The van der Waals surface area contributed by atoms with Crippen LogP contribution >= 0.6 is 0 Å². The summed E-state index contributed by atoms with van der Waals surface area (Å²) in [6, 6.07) is 11.1. The molecule has 3 rings (SSSR count). The molecular formula is C17H14N2O6. The minimum atomic E-state index is -0.710. The average molecular weight is 342 g/mol. The molecule has 2 heterocycles. The SMILES string of the molecule is Cc1ccc(-c2ccc(CO)o2)cc1NC(=O)c1ccc([N+](=O)[O-])o1. The highest BCUT2D eigenvalue weighted by molar-refractivity contribution is 6.03. The molecule has 0 saturated carbocycles. The van der Waals surface area contributed by atoms with Gasteiger partial charge in [-0.25, -0.2) is 0 Å². The Morgan fingerprint density at radius 2 is 2.00 bits per heavy atom. The summed E-state index contributed by atoms with van der Waals surface area (Å²) in [4.78, 5) is 22.1. The fraction of sp³-hybridized carbons (Fsp3) is 0.118. The number of aliphatic hydroxyl groups excluding tert-OH is 1. The highest BCUT2D eigenvalue weighted by atomic mass is 16.6. The molecule has 1 amide bonds. The van der Waals surface area contributed by atoms with Crippen molar-refractivity contribution in [3.05, 3.63) is 69.7 Å². The minimum Gasteiger partial charge on any atom is -0.459 e. The first-order chi connectivity index (χ1) is 12.0. The van der Waals surface area contributed by atoms with E-state index in [9.17, 15) is 14.9 Å². The number of benzene rings is 1. The van der Waals surface area contributed by atoms with Gasteiger partial charge in [0, 0.05) is 11.3 Å². The fourth-order valence-electron chi connectivity index (χ4n) is 2.26. The smallest absolute Gasteiger partial charge is 0.433 e. The third kappa shape index (κ3) is 3.43. The third-order valence-electron chi connectivity index (χ3n) is 3.58. The maximum Gasteiger partial charge on any atom is 0.433 e. The van der Waals surface area contributed by atoms with Crippen LogP contribution in [0.2, 0.25) is 0 Å². The van der Waals surface area contributed by atoms with E-state index < -0.39 is 16.7 Å². The van der Waals surface area contributed by atoms with Crippen LogP contribution < -0.4 is 5.32 Å². The third-order valence-corrected chi connectivity index (χ3v) is 3.58. The van der Waals surface area contributed by atoms with Gasteiger partial charge in [-0.05, 0) is 36.8 Å². The van der Waals surface area contributed by atoms with Crippen LogP contribution in [0.1, 0.15) is 21.9 Å². The van der Waals surface area contributed by atoms with Gasteiger partial charge in [0.15, 0.2) is 5.76 Å². The van der Waals surface area contributed by atoms with Gasteiger partial charge in [0.05, 0.1) is 6.07 Å². The van der Waals surface area contributed by atoms with Crippen molar-refractivity contribution in [3.63, 3.8) is 0 Å². The maximum atomic E-state index is 12.2. The van der Waals surface area contributed by atoms with E-state index in [0.717, 1.165) is 11.6 Å².